The van der Waals surface area contributed by atoms with Crippen LogP contribution in [0.5, 0.6) is 0 Å². The molecule has 5 rings (SSSR count). The first kappa shape index (κ1) is 18.0. The highest BCUT2D eigenvalue weighted by atomic mass is 16.2. The number of rotatable bonds is 3. The smallest absolute Gasteiger partial charge is 0.246 e. The van der Waals surface area contributed by atoms with Crippen LogP contribution in [-0.4, -0.2) is 39.8 Å². The number of nitrogens with zero attached hydrogens (tertiary/aromatic N) is 3. The molecule has 2 amide bonds. The zero-order valence-electron chi connectivity index (χ0n) is 16.3. The number of aryl methyl sites for hydroxylation is 1. The minimum Gasteiger partial charge on any atom is -0.339 e. The average molecular weight is 388 g/mol. The number of carbonyl (C=O) groups is 2. The third kappa shape index (κ3) is 3.67. The number of nitrogens with one attached hydrogen (secondary N) is 1. The van der Waals surface area contributed by atoms with Crippen molar-refractivity contribution in [3.8, 4) is 0 Å². The number of fused-ring (bicyclic) bond motifs is 2. The Morgan fingerprint density at radius 2 is 1.90 bits per heavy atom. The number of pyridine rings is 2. The highest BCUT2D eigenvalue weighted by Gasteiger charge is 2.42. The molecule has 3 atom stereocenters. The van der Waals surface area contributed by atoms with E-state index in [-0.39, 0.29) is 11.8 Å². The van der Waals surface area contributed by atoms with E-state index in [0.717, 1.165) is 37.1 Å². The lowest BCUT2D eigenvalue weighted by Gasteiger charge is -2.18. The van der Waals surface area contributed by atoms with Crippen LogP contribution in [0, 0.1) is 11.8 Å². The van der Waals surface area contributed by atoms with E-state index in [4.69, 9.17) is 0 Å². The van der Waals surface area contributed by atoms with Gasteiger partial charge in [0.1, 0.15) is 5.82 Å². The van der Waals surface area contributed by atoms with Crippen LogP contribution in [0.15, 0.2) is 42.9 Å². The molecule has 0 spiro atoms. The van der Waals surface area contributed by atoms with Gasteiger partial charge in [0.2, 0.25) is 11.8 Å². The van der Waals surface area contributed by atoms with Crippen molar-refractivity contribution >= 4 is 23.7 Å². The van der Waals surface area contributed by atoms with Crippen LogP contribution in [0.3, 0.4) is 0 Å². The first-order valence-electron chi connectivity index (χ1n) is 10.3. The number of likely N-dealkylation sites (tertiary alicyclic amines) is 1. The predicted molar refractivity (Wildman–Crippen MR) is 110 cm³/mol. The third-order valence-electron chi connectivity index (χ3n) is 6.53. The molecule has 2 unspecified atom stereocenters. The van der Waals surface area contributed by atoms with Gasteiger partial charge in [-0.3, -0.25) is 14.6 Å². The summed E-state index contributed by atoms with van der Waals surface area (Å²) in [6.45, 7) is 1.70. The normalized spacial score (nSPS) is 25.7. The van der Waals surface area contributed by atoms with E-state index in [1.54, 1.807) is 12.3 Å². The van der Waals surface area contributed by atoms with Gasteiger partial charge >= 0.3 is 0 Å². The standard InChI is InChI=1S/C23H24N4O2/c28-21-3-2-17-9-15(12-25-23(17)26-21)1-4-22(29)27-13-19-10-18(11-20(19)14-27)16-5-7-24-8-6-16/h1,4-9,12,18-20H,2-3,10-11,13-14H2,(H,25,26,28)/b4-1+/t18?,19-,20?/m1/s1. The molecule has 6 nitrogen and oxygen atoms in total. The lowest BCUT2D eigenvalue weighted by atomic mass is 9.97. The van der Waals surface area contributed by atoms with Crippen LogP contribution in [0.2, 0.25) is 0 Å². The molecule has 0 aromatic carbocycles. The van der Waals surface area contributed by atoms with Crippen molar-refractivity contribution in [3.63, 3.8) is 0 Å². The van der Waals surface area contributed by atoms with E-state index in [2.05, 4.69) is 27.4 Å². The number of aromatic nitrogens is 2. The van der Waals surface area contributed by atoms with Gasteiger partial charge in [0.25, 0.3) is 0 Å². The molecule has 2 aliphatic heterocycles. The van der Waals surface area contributed by atoms with Gasteiger partial charge in [-0.25, -0.2) is 4.98 Å². The summed E-state index contributed by atoms with van der Waals surface area (Å²) in [4.78, 5) is 34.5. The van der Waals surface area contributed by atoms with Crippen LogP contribution in [0.4, 0.5) is 5.82 Å². The Kier molecular flexibility index (Phi) is 4.62. The second kappa shape index (κ2) is 7.43. The second-order valence-corrected chi connectivity index (χ2v) is 8.37. The summed E-state index contributed by atoms with van der Waals surface area (Å²) in [5, 5.41) is 2.78. The maximum absolute atomic E-state index is 12.7. The molecule has 2 aromatic rings. The summed E-state index contributed by atoms with van der Waals surface area (Å²) in [5.74, 6) is 2.52. The van der Waals surface area contributed by atoms with Gasteiger partial charge in [0, 0.05) is 44.2 Å². The Bertz CT molecular complexity index is 958. The quantitative estimate of drug-likeness (QED) is 0.820. The predicted octanol–water partition coefficient (Wildman–Crippen LogP) is 3.03. The highest BCUT2D eigenvalue weighted by molar-refractivity contribution is 5.94. The maximum atomic E-state index is 12.7. The van der Waals surface area contributed by atoms with Gasteiger partial charge in [0.15, 0.2) is 0 Å². The van der Waals surface area contributed by atoms with Gasteiger partial charge in [0.05, 0.1) is 0 Å². The summed E-state index contributed by atoms with van der Waals surface area (Å²) in [5.41, 5.74) is 3.30. The van der Waals surface area contributed by atoms with E-state index in [0.29, 0.717) is 36.4 Å². The van der Waals surface area contributed by atoms with Crippen molar-refractivity contribution < 1.29 is 9.59 Å². The molecule has 2 fully saturated rings. The molecule has 2 aromatic heterocycles. The number of amides is 2. The number of carbonyl (C=O) groups excluding carboxylic acids is 2. The first-order chi connectivity index (χ1) is 14.2. The van der Waals surface area contributed by atoms with Gasteiger partial charge < -0.3 is 10.2 Å². The summed E-state index contributed by atoms with van der Waals surface area (Å²) >= 11 is 0. The minimum atomic E-state index is 0.00854. The molecule has 3 aliphatic rings. The zero-order chi connectivity index (χ0) is 19.8. The Labute approximate surface area is 170 Å². The lowest BCUT2D eigenvalue weighted by molar-refractivity contribution is -0.125. The number of hydrogen-bond acceptors (Lipinski definition) is 4. The van der Waals surface area contributed by atoms with Crippen molar-refractivity contribution in [2.24, 2.45) is 11.8 Å². The molecule has 29 heavy (non-hydrogen) atoms. The molecule has 1 saturated heterocycles. The minimum absolute atomic E-state index is 0.00854. The van der Waals surface area contributed by atoms with Crippen molar-refractivity contribution in [1.29, 1.82) is 0 Å². The summed E-state index contributed by atoms with van der Waals surface area (Å²) < 4.78 is 0. The summed E-state index contributed by atoms with van der Waals surface area (Å²) in [6.07, 6.45) is 12.4. The van der Waals surface area contributed by atoms with Crippen molar-refractivity contribution in [3.05, 3.63) is 59.6 Å². The zero-order valence-corrected chi connectivity index (χ0v) is 16.3. The van der Waals surface area contributed by atoms with Crippen LogP contribution < -0.4 is 5.32 Å². The average Bonchev–Trinajstić information content (AvgIpc) is 3.32. The van der Waals surface area contributed by atoms with Gasteiger partial charge in [-0.2, -0.15) is 0 Å². The molecular weight excluding hydrogens is 364 g/mol. The van der Waals surface area contributed by atoms with Crippen LogP contribution in [-0.2, 0) is 16.0 Å². The molecule has 148 valence electrons. The Hall–Kier alpha value is -3.02. The number of hydrogen-bond donors (Lipinski definition) is 1. The van der Waals surface area contributed by atoms with E-state index < -0.39 is 0 Å². The van der Waals surface area contributed by atoms with E-state index in [9.17, 15) is 9.59 Å². The molecule has 4 heterocycles. The topological polar surface area (TPSA) is 75.2 Å². The van der Waals surface area contributed by atoms with E-state index in [1.807, 2.05) is 29.4 Å². The highest BCUT2D eigenvalue weighted by Crippen LogP contribution is 2.46. The fourth-order valence-corrected chi connectivity index (χ4v) is 5.03. The molecule has 1 N–H and O–H groups in total. The fraction of sp³-hybridized carbons (Fsp3) is 0.391. The van der Waals surface area contributed by atoms with Gasteiger partial charge in [-0.05, 0) is 78.0 Å². The first-order valence-corrected chi connectivity index (χ1v) is 10.3. The summed E-state index contributed by atoms with van der Waals surface area (Å²) in [7, 11) is 0. The molecule has 0 bridgehead atoms. The fourth-order valence-electron chi connectivity index (χ4n) is 5.03. The molecule has 0 radical (unpaired) electrons. The van der Waals surface area contributed by atoms with Gasteiger partial charge in [-0.1, -0.05) is 0 Å². The maximum Gasteiger partial charge on any atom is 0.246 e. The Morgan fingerprint density at radius 1 is 1.14 bits per heavy atom. The molecule has 1 saturated carbocycles. The van der Waals surface area contributed by atoms with Crippen molar-refractivity contribution in [2.45, 2.75) is 31.6 Å². The van der Waals surface area contributed by atoms with Crippen LogP contribution in [0.1, 0.15) is 41.9 Å². The van der Waals surface area contributed by atoms with E-state index in [1.165, 1.54) is 5.56 Å². The van der Waals surface area contributed by atoms with Gasteiger partial charge in [-0.15, -0.1) is 0 Å². The molecule has 6 heteroatoms. The number of anilines is 1. The second-order valence-electron chi connectivity index (χ2n) is 8.37. The largest absolute Gasteiger partial charge is 0.339 e. The van der Waals surface area contributed by atoms with E-state index >= 15 is 0 Å². The molecule has 1 aliphatic carbocycles. The summed E-state index contributed by atoms with van der Waals surface area (Å²) in [6, 6.07) is 6.24. The van der Waals surface area contributed by atoms with Crippen molar-refractivity contribution in [1.82, 2.24) is 14.9 Å². The van der Waals surface area contributed by atoms with Crippen LogP contribution in [0.25, 0.3) is 6.08 Å². The van der Waals surface area contributed by atoms with Crippen LogP contribution >= 0.6 is 0 Å². The lowest BCUT2D eigenvalue weighted by Crippen LogP contribution is -2.28. The Morgan fingerprint density at radius 3 is 2.66 bits per heavy atom. The monoisotopic (exact) mass is 388 g/mol. The third-order valence-corrected chi connectivity index (χ3v) is 6.53. The molecular formula is C23H24N4O2. The SMILES string of the molecule is O=C1CCc2cc(/C=C/C(=O)N3CC4CC(c5ccncc5)C[C@@H]4C3)cnc2N1. The Balaban J connectivity index is 1.19. The van der Waals surface area contributed by atoms with Crippen molar-refractivity contribution in [2.75, 3.05) is 18.4 Å².